The van der Waals surface area contributed by atoms with Gasteiger partial charge in [0.1, 0.15) is 6.10 Å². The topological polar surface area (TPSA) is 80.7 Å². The number of nitrogens with zero attached hydrogens (tertiary/aromatic N) is 5. The van der Waals surface area contributed by atoms with Gasteiger partial charge in [-0.1, -0.05) is 6.07 Å². The summed E-state index contributed by atoms with van der Waals surface area (Å²) in [4.78, 5) is 31.2. The van der Waals surface area contributed by atoms with Gasteiger partial charge in [0.15, 0.2) is 0 Å². The van der Waals surface area contributed by atoms with Crippen molar-refractivity contribution >= 4 is 11.9 Å². The normalized spacial score (nSPS) is 24.4. The highest BCUT2D eigenvalue weighted by Gasteiger charge is 2.33. The molecule has 5 rings (SSSR count). The minimum absolute atomic E-state index is 0.132. The van der Waals surface area contributed by atoms with Crippen LogP contribution in [0.25, 0.3) is 11.1 Å². The number of pyridine rings is 1. The molecule has 3 aliphatic heterocycles. The van der Waals surface area contributed by atoms with E-state index in [1.807, 2.05) is 29.4 Å². The maximum absolute atomic E-state index is 13.0. The average molecular weight is 424 g/mol. The van der Waals surface area contributed by atoms with Gasteiger partial charge in [-0.15, -0.1) is 0 Å². The monoisotopic (exact) mass is 423 g/mol. The molecule has 0 radical (unpaired) electrons. The van der Waals surface area contributed by atoms with Crippen molar-refractivity contribution in [3.8, 4) is 11.1 Å². The Hall–Kier alpha value is -2.58. The quantitative estimate of drug-likeness (QED) is 0.746. The van der Waals surface area contributed by atoms with Crippen LogP contribution in [0.15, 0.2) is 30.7 Å². The summed E-state index contributed by atoms with van der Waals surface area (Å²) in [6.45, 7) is 5.12. The van der Waals surface area contributed by atoms with Gasteiger partial charge in [-0.05, 0) is 31.7 Å². The van der Waals surface area contributed by atoms with Gasteiger partial charge in [0.25, 0.3) is 5.91 Å². The number of anilines is 1. The van der Waals surface area contributed by atoms with E-state index in [-0.39, 0.29) is 17.9 Å². The van der Waals surface area contributed by atoms with Gasteiger partial charge in [0, 0.05) is 68.4 Å². The summed E-state index contributed by atoms with van der Waals surface area (Å²) in [6.07, 6.45) is 9.04. The van der Waals surface area contributed by atoms with Gasteiger partial charge >= 0.3 is 0 Å². The number of hydrogen-bond donors (Lipinski definition) is 0. The highest BCUT2D eigenvalue weighted by atomic mass is 16.5. The number of carbonyl (C=O) groups is 1. The Labute approximate surface area is 182 Å². The molecule has 0 saturated carbocycles. The molecule has 1 amide bonds. The number of ether oxygens (including phenoxy) is 2. The molecule has 0 N–H and O–H groups in total. The molecule has 164 valence electrons. The first kappa shape index (κ1) is 20.3. The van der Waals surface area contributed by atoms with Gasteiger partial charge < -0.3 is 19.3 Å². The highest BCUT2D eigenvalue weighted by Crippen LogP contribution is 2.34. The van der Waals surface area contributed by atoms with Crippen LogP contribution in [0.5, 0.6) is 0 Å². The van der Waals surface area contributed by atoms with Crippen LogP contribution in [0.2, 0.25) is 0 Å². The number of amides is 1. The Balaban J connectivity index is 1.45. The Bertz CT molecular complexity index is 897. The molecule has 3 fully saturated rings. The van der Waals surface area contributed by atoms with Gasteiger partial charge in [-0.2, -0.15) is 0 Å². The van der Waals surface area contributed by atoms with Crippen molar-refractivity contribution in [1.29, 1.82) is 0 Å². The van der Waals surface area contributed by atoms with Crippen molar-refractivity contribution in [2.45, 2.75) is 37.7 Å². The van der Waals surface area contributed by atoms with Gasteiger partial charge in [-0.25, -0.2) is 9.97 Å². The number of carbonyl (C=O) groups excluding carboxylic acids is 1. The largest absolute Gasteiger partial charge is 0.378 e. The summed E-state index contributed by atoms with van der Waals surface area (Å²) < 4.78 is 11.1. The second-order valence-electron chi connectivity index (χ2n) is 8.44. The fourth-order valence-corrected chi connectivity index (χ4v) is 4.73. The third kappa shape index (κ3) is 4.41. The van der Waals surface area contributed by atoms with E-state index < -0.39 is 0 Å². The predicted octanol–water partition coefficient (Wildman–Crippen LogP) is 2.26. The van der Waals surface area contributed by atoms with E-state index >= 15 is 0 Å². The number of piperidine rings is 1. The van der Waals surface area contributed by atoms with E-state index in [0.29, 0.717) is 26.4 Å². The summed E-state index contributed by atoms with van der Waals surface area (Å²) >= 11 is 0. The lowest BCUT2D eigenvalue weighted by molar-refractivity contribution is -0.142. The molecule has 2 unspecified atom stereocenters. The lowest BCUT2D eigenvalue weighted by Gasteiger charge is -2.35. The molecule has 3 aliphatic rings. The number of aromatic nitrogens is 3. The molecule has 2 aromatic heterocycles. The number of rotatable bonds is 4. The zero-order valence-electron chi connectivity index (χ0n) is 17.8. The van der Waals surface area contributed by atoms with E-state index in [4.69, 9.17) is 14.5 Å². The average Bonchev–Trinajstić information content (AvgIpc) is 3.39. The molecule has 8 nitrogen and oxygen atoms in total. The van der Waals surface area contributed by atoms with Gasteiger partial charge in [0.05, 0.1) is 18.9 Å². The fourth-order valence-electron chi connectivity index (χ4n) is 4.73. The van der Waals surface area contributed by atoms with Crippen molar-refractivity contribution in [2.24, 2.45) is 0 Å². The molecular formula is C23H29N5O3. The van der Waals surface area contributed by atoms with Crippen molar-refractivity contribution < 1.29 is 14.3 Å². The first-order chi connectivity index (χ1) is 15.3. The van der Waals surface area contributed by atoms with Gasteiger partial charge in [0.2, 0.25) is 5.95 Å². The smallest absolute Gasteiger partial charge is 0.251 e. The second-order valence-corrected chi connectivity index (χ2v) is 8.44. The van der Waals surface area contributed by atoms with Crippen LogP contribution in [0, 0.1) is 0 Å². The molecule has 0 bridgehead atoms. The predicted molar refractivity (Wildman–Crippen MR) is 116 cm³/mol. The summed E-state index contributed by atoms with van der Waals surface area (Å²) in [6, 6.07) is 3.98. The minimum Gasteiger partial charge on any atom is -0.378 e. The van der Waals surface area contributed by atoms with Crippen molar-refractivity contribution in [3.63, 3.8) is 0 Å². The van der Waals surface area contributed by atoms with Crippen LogP contribution in [0.4, 0.5) is 5.95 Å². The van der Waals surface area contributed by atoms with Crippen LogP contribution >= 0.6 is 0 Å². The van der Waals surface area contributed by atoms with E-state index in [2.05, 4.69) is 14.9 Å². The SMILES string of the molecule is O=C(C1CCCO1)N1CCCC(c2nc(N3CCOCC3)ncc2-c2cccnc2)C1. The minimum atomic E-state index is -0.272. The van der Waals surface area contributed by atoms with Crippen LogP contribution in [0.1, 0.15) is 37.3 Å². The molecule has 0 aliphatic carbocycles. The number of hydrogen-bond acceptors (Lipinski definition) is 7. The second kappa shape index (κ2) is 9.28. The molecule has 2 aromatic rings. The molecule has 0 spiro atoms. The summed E-state index contributed by atoms with van der Waals surface area (Å²) in [5, 5.41) is 0. The maximum atomic E-state index is 13.0. The molecule has 8 heteroatoms. The lowest BCUT2D eigenvalue weighted by Crippen LogP contribution is -2.44. The standard InChI is InChI=1S/C23H29N5O3/c29-22(20-6-3-11-31-20)28-8-2-5-18(16-28)21-19(17-4-1-7-24-14-17)15-25-23(26-21)27-9-12-30-13-10-27/h1,4,7,14-15,18,20H,2-3,5-6,8-13,16H2. The van der Waals surface area contributed by atoms with Crippen LogP contribution < -0.4 is 4.90 Å². The van der Waals surface area contributed by atoms with Crippen LogP contribution in [-0.2, 0) is 14.3 Å². The Morgan fingerprint density at radius 1 is 1.06 bits per heavy atom. The Morgan fingerprint density at radius 3 is 2.74 bits per heavy atom. The van der Waals surface area contributed by atoms with Crippen molar-refractivity contribution in [2.75, 3.05) is 50.9 Å². The maximum Gasteiger partial charge on any atom is 0.251 e. The zero-order chi connectivity index (χ0) is 21.0. The van der Waals surface area contributed by atoms with Gasteiger partial charge in [-0.3, -0.25) is 9.78 Å². The van der Waals surface area contributed by atoms with E-state index in [0.717, 1.165) is 68.1 Å². The third-order valence-electron chi connectivity index (χ3n) is 6.40. The summed E-state index contributed by atoms with van der Waals surface area (Å²) in [5.41, 5.74) is 3.02. The Kier molecular flexibility index (Phi) is 6.08. The molecular weight excluding hydrogens is 394 g/mol. The fraction of sp³-hybridized carbons (Fsp3) is 0.565. The summed E-state index contributed by atoms with van der Waals surface area (Å²) in [5.74, 6) is 1.04. The molecule has 31 heavy (non-hydrogen) atoms. The molecule has 3 saturated heterocycles. The lowest BCUT2D eigenvalue weighted by atomic mass is 9.90. The van der Waals surface area contributed by atoms with Crippen molar-refractivity contribution in [3.05, 3.63) is 36.4 Å². The van der Waals surface area contributed by atoms with Crippen LogP contribution in [0.3, 0.4) is 0 Å². The molecule has 0 aromatic carbocycles. The zero-order valence-corrected chi connectivity index (χ0v) is 17.8. The van der Waals surface area contributed by atoms with E-state index in [1.54, 1.807) is 6.20 Å². The Morgan fingerprint density at radius 2 is 1.97 bits per heavy atom. The highest BCUT2D eigenvalue weighted by molar-refractivity contribution is 5.81. The summed E-state index contributed by atoms with van der Waals surface area (Å²) in [7, 11) is 0. The molecule has 5 heterocycles. The first-order valence-corrected chi connectivity index (χ1v) is 11.3. The first-order valence-electron chi connectivity index (χ1n) is 11.3. The van der Waals surface area contributed by atoms with E-state index in [1.165, 1.54) is 0 Å². The van der Waals surface area contributed by atoms with Crippen molar-refractivity contribution in [1.82, 2.24) is 19.9 Å². The number of morpholine rings is 1. The van der Waals surface area contributed by atoms with E-state index in [9.17, 15) is 4.79 Å². The molecule has 2 atom stereocenters. The third-order valence-corrected chi connectivity index (χ3v) is 6.40. The van der Waals surface area contributed by atoms with Crippen LogP contribution in [-0.4, -0.2) is 77.9 Å². The number of likely N-dealkylation sites (tertiary alicyclic amines) is 1.